The van der Waals surface area contributed by atoms with E-state index >= 15 is 0 Å². The van der Waals surface area contributed by atoms with E-state index in [0.29, 0.717) is 16.4 Å². The van der Waals surface area contributed by atoms with Gasteiger partial charge in [0.2, 0.25) is 0 Å². The van der Waals surface area contributed by atoms with Gasteiger partial charge in [0.15, 0.2) is 5.82 Å². The summed E-state index contributed by atoms with van der Waals surface area (Å²) >= 11 is 6.00. The van der Waals surface area contributed by atoms with Crippen LogP contribution < -0.4 is 0 Å². The molecule has 2 rings (SSSR count). The number of hydrogen-bond acceptors (Lipinski definition) is 4. The zero-order valence-corrected chi connectivity index (χ0v) is 9.93. The standard InChI is InChI=1S/C10H9ClN4O2/c1-5-8(11)6(2)15(14-5)9-7(10(16)17)3-4-12-13-9/h3-4H,1-2H3,(H,16,17). The van der Waals surface area contributed by atoms with E-state index in [1.54, 1.807) is 13.8 Å². The predicted octanol–water partition coefficient (Wildman–Crippen LogP) is 1.63. The fourth-order valence-corrected chi connectivity index (χ4v) is 1.60. The number of nitrogens with zero attached hydrogens (tertiary/aromatic N) is 4. The molecule has 2 aromatic heterocycles. The lowest BCUT2D eigenvalue weighted by atomic mass is 10.3. The molecule has 0 aliphatic carbocycles. The minimum atomic E-state index is -1.08. The summed E-state index contributed by atoms with van der Waals surface area (Å²) in [5.41, 5.74) is 1.28. The Morgan fingerprint density at radius 3 is 2.71 bits per heavy atom. The van der Waals surface area contributed by atoms with Gasteiger partial charge in [0.25, 0.3) is 0 Å². The highest BCUT2D eigenvalue weighted by atomic mass is 35.5. The first-order chi connectivity index (χ1) is 8.02. The molecule has 7 heteroatoms. The van der Waals surface area contributed by atoms with Gasteiger partial charge in [0.05, 0.1) is 22.6 Å². The van der Waals surface area contributed by atoms with Gasteiger partial charge in [-0.3, -0.25) is 0 Å². The topological polar surface area (TPSA) is 80.9 Å². The molecule has 0 unspecified atom stereocenters. The Kier molecular flexibility index (Phi) is 2.81. The maximum Gasteiger partial charge on any atom is 0.339 e. The molecule has 0 spiro atoms. The number of carbonyl (C=O) groups is 1. The summed E-state index contributed by atoms with van der Waals surface area (Å²) in [5.74, 6) is -0.925. The number of aromatic carboxylic acids is 1. The molecule has 0 fully saturated rings. The van der Waals surface area contributed by atoms with E-state index in [-0.39, 0.29) is 11.4 Å². The van der Waals surface area contributed by atoms with Crippen LogP contribution in [0.15, 0.2) is 12.3 Å². The molecule has 17 heavy (non-hydrogen) atoms. The van der Waals surface area contributed by atoms with Crippen LogP contribution in [-0.4, -0.2) is 31.1 Å². The van der Waals surface area contributed by atoms with Crippen LogP contribution >= 0.6 is 11.6 Å². The molecule has 2 aromatic rings. The molecule has 0 aliphatic heterocycles. The van der Waals surface area contributed by atoms with Crippen LogP contribution in [0.3, 0.4) is 0 Å². The van der Waals surface area contributed by atoms with Gasteiger partial charge < -0.3 is 5.11 Å². The van der Waals surface area contributed by atoms with Crippen molar-refractivity contribution in [3.05, 3.63) is 34.2 Å². The lowest BCUT2D eigenvalue weighted by Gasteiger charge is -2.05. The van der Waals surface area contributed by atoms with Crippen molar-refractivity contribution < 1.29 is 9.90 Å². The van der Waals surface area contributed by atoms with Gasteiger partial charge in [-0.25, -0.2) is 9.48 Å². The highest BCUT2D eigenvalue weighted by Gasteiger charge is 2.18. The molecular weight excluding hydrogens is 244 g/mol. The monoisotopic (exact) mass is 252 g/mol. The van der Waals surface area contributed by atoms with E-state index in [9.17, 15) is 4.79 Å². The van der Waals surface area contributed by atoms with Crippen molar-refractivity contribution in [2.75, 3.05) is 0 Å². The average molecular weight is 253 g/mol. The van der Waals surface area contributed by atoms with Crippen molar-refractivity contribution in [2.45, 2.75) is 13.8 Å². The molecule has 88 valence electrons. The Labute approximate surface area is 102 Å². The van der Waals surface area contributed by atoms with E-state index in [1.165, 1.54) is 16.9 Å². The Morgan fingerprint density at radius 1 is 1.47 bits per heavy atom. The van der Waals surface area contributed by atoms with E-state index in [2.05, 4.69) is 15.3 Å². The van der Waals surface area contributed by atoms with Crippen LogP contribution in [0.2, 0.25) is 5.02 Å². The first-order valence-electron chi connectivity index (χ1n) is 4.79. The maximum absolute atomic E-state index is 11.1. The number of aryl methyl sites for hydroxylation is 1. The van der Waals surface area contributed by atoms with Crippen LogP contribution in [-0.2, 0) is 0 Å². The minimum absolute atomic E-state index is 0.0299. The second-order valence-corrected chi connectivity index (χ2v) is 3.85. The quantitative estimate of drug-likeness (QED) is 0.879. The third-order valence-electron chi connectivity index (χ3n) is 2.34. The highest BCUT2D eigenvalue weighted by molar-refractivity contribution is 6.31. The number of carboxylic acids is 1. The Bertz CT molecular complexity index is 594. The number of rotatable bonds is 2. The summed E-state index contributed by atoms with van der Waals surface area (Å²) in [7, 11) is 0. The Morgan fingerprint density at radius 2 is 2.18 bits per heavy atom. The van der Waals surface area contributed by atoms with Crippen LogP contribution in [0, 0.1) is 13.8 Å². The molecule has 0 atom stereocenters. The molecular formula is C10H9ClN4O2. The second kappa shape index (κ2) is 4.14. The number of hydrogen-bond donors (Lipinski definition) is 1. The van der Waals surface area contributed by atoms with Crippen molar-refractivity contribution in [2.24, 2.45) is 0 Å². The normalized spacial score (nSPS) is 10.5. The van der Waals surface area contributed by atoms with Gasteiger partial charge in [-0.1, -0.05) is 11.6 Å². The molecule has 6 nitrogen and oxygen atoms in total. The van der Waals surface area contributed by atoms with E-state index in [1.807, 2.05) is 0 Å². The molecule has 0 aromatic carbocycles. The number of aromatic nitrogens is 4. The summed E-state index contributed by atoms with van der Waals surface area (Å²) in [6.45, 7) is 3.48. The molecule has 1 N–H and O–H groups in total. The van der Waals surface area contributed by atoms with Crippen LogP contribution in [0.1, 0.15) is 21.7 Å². The molecule has 2 heterocycles. The van der Waals surface area contributed by atoms with Gasteiger partial charge in [0, 0.05) is 0 Å². The molecule has 0 amide bonds. The largest absolute Gasteiger partial charge is 0.478 e. The van der Waals surface area contributed by atoms with Gasteiger partial charge in [0.1, 0.15) is 5.56 Å². The lowest BCUT2D eigenvalue weighted by molar-refractivity contribution is 0.0696. The molecule has 0 aliphatic rings. The van der Waals surface area contributed by atoms with Gasteiger partial charge in [-0.05, 0) is 19.9 Å². The van der Waals surface area contributed by atoms with Crippen LogP contribution in [0.5, 0.6) is 0 Å². The number of halogens is 1. The second-order valence-electron chi connectivity index (χ2n) is 3.47. The van der Waals surface area contributed by atoms with Crippen molar-refractivity contribution in [3.8, 4) is 5.82 Å². The average Bonchev–Trinajstić information content (AvgIpc) is 2.57. The lowest BCUT2D eigenvalue weighted by Crippen LogP contribution is -2.11. The summed E-state index contributed by atoms with van der Waals surface area (Å²) in [5, 5.41) is 21.1. The van der Waals surface area contributed by atoms with Gasteiger partial charge >= 0.3 is 5.97 Å². The molecule has 0 saturated carbocycles. The van der Waals surface area contributed by atoms with Crippen LogP contribution in [0.25, 0.3) is 5.82 Å². The summed E-state index contributed by atoms with van der Waals surface area (Å²) in [6, 6.07) is 1.37. The Balaban J connectivity index is 2.68. The van der Waals surface area contributed by atoms with E-state index in [4.69, 9.17) is 16.7 Å². The minimum Gasteiger partial charge on any atom is -0.478 e. The number of carboxylic acid groups (broad SMARTS) is 1. The first kappa shape index (κ1) is 11.5. The highest BCUT2D eigenvalue weighted by Crippen LogP contribution is 2.22. The van der Waals surface area contributed by atoms with Crippen LogP contribution in [0.4, 0.5) is 0 Å². The molecule has 0 saturated heterocycles. The zero-order valence-electron chi connectivity index (χ0n) is 9.18. The Hall–Kier alpha value is -1.95. The smallest absolute Gasteiger partial charge is 0.339 e. The third kappa shape index (κ3) is 1.87. The SMILES string of the molecule is Cc1nn(-c2nnccc2C(=O)O)c(C)c1Cl. The molecule has 0 radical (unpaired) electrons. The summed E-state index contributed by atoms with van der Waals surface area (Å²) < 4.78 is 1.38. The van der Waals surface area contributed by atoms with Gasteiger partial charge in [-0.15, -0.1) is 5.10 Å². The van der Waals surface area contributed by atoms with E-state index < -0.39 is 5.97 Å². The first-order valence-corrected chi connectivity index (χ1v) is 5.17. The zero-order chi connectivity index (χ0) is 12.6. The van der Waals surface area contributed by atoms with Crippen molar-refractivity contribution in [1.82, 2.24) is 20.0 Å². The molecule has 0 bridgehead atoms. The fourth-order valence-electron chi connectivity index (χ4n) is 1.48. The van der Waals surface area contributed by atoms with Crippen molar-refractivity contribution >= 4 is 17.6 Å². The van der Waals surface area contributed by atoms with Crippen molar-refractivity contribution in [1.29, 1.82) is 0 Å². The van der Waals surface area contributed by atoms with E-state index in [0.717, 1.165) is 0 Å². The van der Waals surface area contributed by atoms with Gasteiger partial charge in [-0.2, -0.15) is 10.2 Å². The maximum atomic E-state index is 11.1. The summed E-state index contributed by atoms with van der Waals surface area (Å²) in [6.07, 6.45) is 1.32. The summed E-state index contributed by atoms with van der Waals surface area (Å²) in [4.78, 5) is 11.1. The predicted molar refractivity (Wildman–Crippen MR) is 60.6 cm³/mol. The fraction of sp³-hybridized carbons (Fsp3) is 0.200. The van der Waals surface area contributed by atoms with Crippen molar-refractivity contribution in [3.63, 3.8) is 0 Å². The third-order valence-corrected chi connectivity index (χ3v) is 2.88.